The number of ether oxygens (including phenoxy) is 1. The van der Waals surface area contributed by atoms with Gasteiger partial charge in [0.15, 0.2) is 0 Å². The molecule has 0 fully saturated rings. The highest BCUT2D eigenvalue weighted by Crippen LogP contribution is 2.19. The zero-order valence-corrected chi connectivity index (χ0v) is 13.9. The Morgan fingerprint density at radius 2 is 1.88 bits per heavy atom. The van der Waals surface area contributed by atoms with Gasteiger partial charge in [0.05, 0.1) is 6.61 Å². The molecule has 96 valence electrons. The van der Waals surface area contributed by atoms with Crippen LogP contribution in [0.15, 0.2) is 0 Å². The summed E-state index contributed by atoms with van der Waals surface area (Å²) in [6.07, 6.45) is 3.15. The first-order chi connectivity index (χ1) is 7.13. The van der Waals surface area contributed by atoms with E-state index in [0.29, 0.717) is 6.61 Å². The van der Waals surface area contributed by atoms with Gasteiger partial charge in [0.25, 0.3) is 0 Å². The average molecular weight is 330 g/mol. The van der Waals surface area contributed by atoms with E-state index in [9.17, 15) is 4.79 Å². The maximum Gasteiger partial charge on any atom is 0.322 e. The van der Waals surface area contributed by atoms with Crippen molar-refractivity contribution in [3.8, 4) is 0 Å². The van der Waals surface area contributed by atoms with E-state index >= 15 is 0 Å². The Morgan fingerprint density at radius 3 is 2.31 bits per heavy atom. The molecule has 0 saturated heterocycles. The van der Waals surface area contributed by atoms with Gasteiger partial charge in [-0.25, -0.2) is 0 Å². The first kappa shape index (κ1) is 16.5. The van der Waals surface area contributed by atoms with Crippen molar-refractivity contribution < 1.29 is 9.53 Å². The number of hydrogen-bond donors (Lipinski definition) is 0. The van der Waals surface area contributed by atoms with E-state index in [1.54, 1.807) is 13.8 Å². The van der Waals surface area contributed by atoms with Gasteiger partial charge in [-0.15, -0.1) is 0 Å². The molecule has 0 aliphatic rings. The van der Waals surface area contributed by atoms with Crippen molar-refractivity contribution >= 4 is 40.4 Å². The van der Waals surface area contributed by atoms with Crippen LogP contribution in [0.4, 0.5) is 0 Å². The lowest BCUT2D eigenvalue weighted by Gasteiger charge is -2.15. The minimum atomic E-state index is -1.41. The van der Waals surface area contributed by atoms with Crippen molar-refractivity contribution in [2.75, 3.05) is 6.61 Å². The van der Waals surface area contributed by atoms with E-state index < -0.39 is 11.7 Å². The van der Waals surface area contributed by atoms with Crippen molar-refractivity contribution in [3.05, 3.63) is 0 Å². The van der Waals surface area contributed by atoms with Crippen LogP contribution in [-0.4, -0.2) is 24.3 Å². The summed E-state index contributed by atoms with van der Waals surface area (Å²) in [7, 11) is -1.41. The van der Waals surface area contributed by atoms with Crippen molar-refractivity contribution in [1.82, 2.24) is 0 Å². The largest absolute Gasteiger partial charge is 0.465 e. The van der Waals surface area contributed by atoms with E-state index in [4.69, 9.17) is 15.8 Å². The molecule has 0 heterocycles. The minimum absolute atomic E-state index is 0.195. The second kappa shape index (κ2) is 7.02. The van der Waals surface area contributed by atoms with Gasteiger partial charge in [0, 0.05) is 0 Å². The number of unbranched alkanes of at least 4 members (excludes halogenated alkanes) is 2. The monoisotopic (exact) mass is 328 g/mol. The Kier molecular flexibility index (Phi) is 7.22. The van der Waals surface area contributed by atoms with Crippen molar-refractivity contribution in [2.45, 2.75) is 56.6 Å². The van der Waals surface area contributed by atoms with Gasteiger partial charge in [-0.2, -0.15) is 11.1 Å². The standard InChI is InChI=1S/C11H22BrClO2Si/c1-11(2,12)10(14)15-8-6-5-7-9-16(3,4)13/h5-9H2,1-4H3. The molecular weight excluding hydrogens is 308 g/mol. The molecule has 0 radical (unpaired) electrons. The number of halogens is 2. The number of hydrogen-bond acceptors (Lipinski definition) is 2. The molecular formula is C11H22BrClO2Si. The molecule has 0 aromatic heterocycles. The third kappa shape index (κ3) is 9.67. The second-order valence-corrected chi connectivity index (χ2v) is 14.1. The lowest BCUT2D eigenvalue weighted by atomic mass is 10.2. The van der Waals surface area contributed by atoms with Crippen LogP contribution in [0.25, 0.3) is 0 Å². The predicted octanol–water partition coefficient (Wildman–Crippen LogP) is 4.32. The molecule has 0 atom stereocenters. The summed E-state index contributed by atoms with van der Waals surface area (Å²) < 4.78 is 4.56. The third-order valence-corrected chi connectivity index (χ3v) is 4.57. The SMILES string of the molecule is CC(C)(Br)C(=O)OCCCCC[Si](C)(C)Cl. The zero-order valence-electron chi connectivity index (χ0n) is 10.6. The normalized spacial score (nSPS) is 12.6. The summed E-state index contributed by atoms with van der Waals surface area (Å²) in [4.78, 5) is 11.4. The molecule has 16 heavy (non-hydrogen) atoms. The molecule has 0 aliphatic carbocycles. The zero-order chi connectivity index (χ0) is 12.8. The highest BCUT2D eigenvalue weighted by Gasteiger charge is 2.25. The van der Waals surface area contributed by atoms with Crippen molar-refractivity contribution in [2.24, 2.45) is 0 Å². The van der Waals surface area contributed by atoms with Crippen LogP contribution >= 0.6 is 27.0 Å². The molecule has 0 unspecified atom stereocenters. The molecule has 0 amide bonds. The van der Waals surface area contributed by atoms with E-state index in [1.165, 1.54) is 0 Å². The first-order valence-corrected chi connectivity index (χ1v) is 10.7. The lowest BCUT2D eigenvalue weighted by Crippen LogP contribution is -2.26. The van der Waals surface area contributed by atoms with Crippen LogP contribution in [-0.2, 0) is 9.53 Å². The maximum absolute atomic E-state index is 11.4. The molecule has 0 N–H and O–H groups in total. The van der Waals surface area contributed by atoms with Gasteiger partial charge in [-0.1, -0.05) is 41.9 Å². The van der Waals surface area contributed by atoms with Gasteiger partial charge in [-0.05, 0) is 26.3 Å². The van der Waals surface area contributed by atoms with Crippen LogP contribution in [0, 0.1) is 0 Å². The highest BCUT2D eigenvalue weighted by atomic mass is 79.9. The number of esters is 1. The number of rotatable bonds is 7. The Hall–Kier alpha value is 0.457. The topological polar surface area (TPSA) is 26.3 Å². The second-order valence-electron chi connectivity index (χ2n) is 5.14. The number of carbonyl (C=O) groups excluding carboxylic acids is 1. The predicted molar refractivity (Wildman–Crippen MR) is 76.0 cm³/mol. The van der Waals surface area contributed by atoms with Crippen LogP contribution in [0.5, 0.6) is 0 Å². The maximum atomic E-state index is 11.4. The van der Waals surface area contributed by atoms with Crippen LogP contribution in [0.2, 0.25) is 19.1 Å². The summed E-state index contributed by atoms with van der Waals surface area (Å²) in [6.45, 7) is 8.40. The summed E-state index contributed by atoms with van der Waals surface area (Å²) in [5.41, 5.74) is 0. The average Bonchev–Trinajstić information content (AvgIpc) is 2.07. The fourth-order valence-corrected chi connectivity index (χ4v) is 2.77. The van der Waals surface area contributed by atoms with Crippen molar-refractivity contribution in [1.29, 1.82) is 0 Å². The van der Waals surface area contributed by atoms with Gasteiger partial charge < -0.3 is 4.74 Å². The Labute approximate surface area is 113 Å². The fraction of sp³-hybridized carbons (Fsp3) is 0.909. The van der Waals surface area contributed by atoms with Gasteiger partial charge in [0.1, 0.15) is 11.7 Å². The minimum Gasteiger partial charge on any atom is -0.465 e. The van der Waals surface area contributed by atoms with Gasteiger partial charge in [-0.3, -0.25) is 4.79 Å². The van der Waals surface area contributed by atoms with E-state index in [0.717, 1.165) is 25.3 Å². The Morgan fingerprint density at radius 1 is 1.31 bits per heavy atom. The molecule has 0 saturated carbocycles. The Bertz CT molecular complexity index is 221. The quantitative estimate of drug-likeness (QED) is 0.229. The van der Waals surface area contributed by atoms with Crippen LogP contribution in [0.1, 0.15) is 33.1 Å². The Balaban J connectivity index is 3.45. The third-order valence-electron chi connectivity index (χ3n) is 2.13. The molecule has 5 heteroatoms. The molecule has 0 aromatic carbocycles. The van der Waals surface area contributed by atoms with Crippen LogP contribution < -0.4 is 0 Å². The van der Waals surface area contributed by atoms with Crippen molar-refractivity contribution in [3.63, 3.8) is 0 Å². The summed E-state index contributed by atoms with van der Waals surface area (Å²) in [5, 5.41) is 0. The molecule has 2 nitrogen and oxygen atoms in total. The number of alkyl halides is 1. The van der Waals surface area contributed by atoms with Gasteiger partial charge >= 0.3 is 5.97 Å². The summed E-state index contributed by atoms with van der Waals surface area (Å²) >= 11 is 9.47. The van der Waals surface area contributed by atoms with Crippen LogP contribution in [0.3, 0.4) is 0 Å². The summed E-state index contributed by atoms with van der Waals surface area (Å²) in [6, 6.07) is 1.13. The van der Waals surface area contributed by atoms with E-state index in [1.807, 2.05) is 0 Å². The molecule has 0 rings (SSSR count). The molecule has 0 spiro atoms. The molecule has 0 aliphatic heterocycles. The number of carbonyl (C=O) groups is 1. The first-order valence-electron chi connectivity index (χ1n) is 5.68. The highest BCUT2D eigenvalue weighted by molar-refractivity contribution is 9.10. The molecule has 0 bridgehead atoms. The van der Waals surface area contributed by atoms with E-state index in [2.05, 4.69) is 29.0 Å². The fourth-order valence-electron chi connectivity index (χ4n) is 1.16. The van der Waals surface area contributed by atoms with E-state index in [-0.39, 0.29) is 5.97 Å². The van der Waals surface area contributed by atoms with Gasteiger partial charge in [0.2, 0.25) is 0 Å². The summed E-state index contributed by atoms with van der Waals surface area (Å²) in [5.74, 6) is -0.195. The smallest absolute Gasteiger partial charge is 0.322 e. The molecule has 0 aromatic rings. The lowest BCUT2D eigenvalue weighted by molar-refractivity contribution is -0.145.